The van der Waals surface area contributed by atoms with Gasteiger partial charge in [0.25, 0.3) is 0 Å². The van der Waals surface area contributed by atoms with Crippen LogP contribution in [0.15, 0.2) is 40.3 Å². The number of furan rings is 1. The summed E-state index contributed by atoms with van der Waals surface area (Å²) in [6, 6.07) is 8.31. The van der Waals surface area contributed by atoms with Crippen molar-refractivity contribution in [2.24, 2.45) is 5.92 Å². The number of hydrogen-bond acceptors (Lipinski definition) is 4. The van der Waals surface area contributed by atoms with Crippen LogP contribution in [0.4, 0.5) is 0 Å². The molecule has 2 nitrogen and oxygen atoms in total. The second-order valence-corrected chi connectivity index (χ2v) is 8.98. The van der Waals surface area contributed by atoms with Crippen molar-refractivity contribution in [1.82, 2.24) is 4.98 Å². The van der Waals surface area contributed by atoms with Gasteiger partial charge in [-0.3, -0.25) is 0 Å². The van der Waals surface area contributed by atoms with Gasteiger partial charge >= 0.3 is 0 Å². The molecule has 126 valence electrons. The van der Waals surface area contributed by atoms with Gasteiger partial charge in [0.1, 0.15) is 10.6 Å². The van der Waals surface area contributed by atoms with Crippen molar-refractivity contribution in [3.05, 3.63) is 51.9 Å². The minimum Gasteiger partial charge on any atom is -0.464 e. The van der Waals surface area contributed by atoms with Gasteiger partial charge in [-0.05, 0) is 66.8 Å². The quantitative estimate of drug-likeness (QED) is 0.394. The molecule has 0 aromatic carbocycles. The topological polar surface area (TPSA) is 26.0 Å². The van der Waals surface area contributed by atoms with Crippen LogP contribution in [0.3, 0.4) is 0 Å². The van der Waals surface area contributed by atoms with Gasteiger partial charge in [-0.25, -0.2) is 4.98 Å². The number of aromatic nitrogens is 1. The first kappa shape index (κ1) is 15.4. The number of aryl methyl sites for hydroxylation is 1. The van der Waals surface area contributed by atoms with Gasteiger partial charge in [0, 0.05) is 15.8 Å². The van der Waals surface area contributed by atoms with Crippen molar-refractivity contribution in [1.29, 1.82) is 0 Å². The van der Waals surface area contributed by atoms with Crippen LogP contribution in [0, 0.1) is 12.8 Å². The molecule has 4 heteroatoms. The summed E-state index contributed by atoms with van der Waals surface area (Å²) < 4.78 is 5.84. The van der Waals surface area contributed by atoms with E-state index in [9.17, 15) is 0 Å². The lowest BCUT2D eigenvalue weighted by atomic mass is 9.87. The third-order valence-corrected chi connectivity index (χ3v) is 7.23. The fraction of sp³-hybridized carbons (Fsp3) is 0.286. The highest BCUT2D eigenvalue weighted by atomic mass is 32.1. The van der Waals surface area contributed by atoms with E-state index in [1.807, 2.05) is 17.4 Å². The maximum absolute atomic E-state index is 5.84. The fourth-order valence-electron chi connectivity index (χ4n) is 3.95. The van der Waals surface area contributed by atoms with Crippen molar-refractivity contribution in [2.45, 2.75) is 33.1 Å². The van der Waals surface area contributed by atoms with E-state index >= 15 is 0 Å². The Kier molecular flexibility index (Phi) is 3.57. The van der Waals surface area contributed by atoms with Crippen LogP contribution >= 0.6 is 22.7 Å². The maximum atomic E-state index is 5.84. The molecule has 0 fully saturated rings. The molecule has 0 bridgehead atoms. The van der Waals surface area contributed by atoms with Crippen LogP contribution in [-0.4, -0.2) is 4.98 Å². The van der Waals surface area contributed by atoms with Gasteiger partial charge in [-0.2, -0.15) is 0 Å². The predicted octanol–water partition coefficient (Wildman–Crippen LogP) is 6.72. The molecule has 0 amide bonds. The zero-order valence-electron chi connectivity index (χ0n) is 14.3. The Bertz CT molecular complexity index is 1040. The van der Waals surface area contributed by atoms with E-state index < -0.39 is 0 Å². The number of hydrogen-bond donors (Lipinski definition) is 0. The molecule has 4 aromatic heterocycles. The van der Waals surface area contributed by atoms with E-state index in [1.54, 1.807) is 17.6 Å². The monoisotopic (exact) mass is 365 g/mol. The zero-order valence-corrected chi connectivity index (χ0v) is 16.0. The fourth-order valence-corrected chi connectivity index (χ4v) is 6.11. The lowest BCUT2D eigenvalue weighted by Gasteiger charge is -2.18. The molecule has 0 aliphatic heterocycles. The number of thiophene rings is 2. The van der Waals surface area contributed by atoms with Gasteiger partial charge in [0.05, 0.1) is 16.8 Å². The van der Waals surface area contributed by atoms with E-state index in [2.05, 4.69) is 37.4 Å². The normalized spacial score (nSPS) is 17.1. The van der Waals surface area contributed by atoms with Crippen molar-refractivity contribution in [3.63, 3.8) is 0 Å². The zero-order chi connectivity index (χ0) is 17.0. The van der Waals surface area contributed by atoms with Gasteiger partial charge in [-0.1, -0.05) is 13.0 Å². The highest BCUT2D eigenvalue weighted by Crippen LogP contribution is 2.45. The molecular formula is C21H19NOS2. The Morgan fingerprint density at radius 3 is 2.92 bits per heavy atom. The van der Waals surface area contributed by atoms with Gasteiger partial charge in [0.15, 0.2) is 0 Å². The van der Waals surface area contributed by atoms with Gasteiger partial charge < -0.3 is 4.42 Å². The van der Waals surface area contributed by atoms with Crippen molar-refractivity contribution in [3.8, 4) is 21.9 Å². The third-order valence-electron chi connectivity index (χ3n) is 5.21. The summed E-state index contributed by atoms with van der Waals surface area (Å²) >= 11 is 3.64. The molecule has 4 heterocycles. The molecule has 4 aromatic rings. The van der Waals surface area contributed by atoms with Crippen molar-refractivity contribution < 1.29 is 4.42 Å². The predicted molar refractivity (Wildman–Crippen MR) is 107 cm³/mol. The summed E-state index contributed by atoms with van der Waals surface area (Å²) in [6.45, 7) is 4.55. The van der Waals surface area contributed by atoms with Crippen LogP contribution in [0.25, 0.3) is 32.1 Å². The minimum absolute atomic E-state index is 0.769. The molecule has 1 aliphatic rings. The first-order chi connectivity index (χ1) is 12.2. The lowest BCUT2D eigenvalue weighted by molar-refractivity contribution is 0.509. The molecule has 1 aliphatic carbocycles. The number of rotatable bonds is 2. The first-order valence-electron chi connectivity index (χ1n) is 8.75. The smallest absolute Gasteiger partial charge is 0.134 e. The molecule has 1 unspecified atom stereocenters. The largest absolute Gasteiger partial charge is 0.464 e. The highest BCUT2D eigenvalue weighted by Gasteiger charge is 2.26. The average Bonchev–Trinajstić information content (AvgIpc) is 3.34. The summed E-state index contributed by atoms with van der Waals surface area (Å²) in [7, 11) is 0. The summed E-state index contributed by atoms with van der Waals surface area (Å²) in [6.07, 6.45) is 5.37. The minimum atomic E-state index is 0.769. The van der Waals surface area contributed by atoms with E-state index in [-0.39, 0.29) is 0 Å². The summed E-state index contributed by atoms with van der Waals surface area (Å²) in [5, 5.41) is 3.45. The molecule has 5 rings (SSSR count). The average molecular weight is 366 g/mol. The molecular weight excluding hydrogens is 346 g/mol. The summed E-state index contributed by atoms with van der Waals surface area (Å²) in [5.74, 6) is 1.73. The number of fused-ring (bicyclic) bond motifs is 3. The Morgan fingerprint density at radius 1 is 1.24 bits per heavy atom. The standard InChI is InChI=1S/C21H19NOS2/c1-12-7-8-14-17(11-12)25-21-19(14)18(15-5-3-9-23-15)13(2)20(22-21)16-6-4-10-24-16/h3-6,9-10,12H,7-8,11H2,1-2H3. The number of nitrogens with zero attached hydrogens (tertiary/aromatic N) is 1. The number of pyridine rings is 1. The van der Waals surface area contributed by atoms with Crippen LogP contribution < -0.4 is 0 Å². The second kappa shape index (κ2) is 5.82. The SMILES string of the molecule is Cc1c(-c2cccs2)nc2sc3c(c2c1-c1ccco1)CCC(C)C3. The van der Waals surface area contributed by atoms with E-state index in [4.69, 9.17) is 9.40 Å². The summed E-state index contributed by atoms with van der Waals surface area (Å²) in [4.78, 5) is 9.02. The van der Waals surface area contributed by atoms with Crippen LogP contribution in [0.1, 0.15) is 29.3 Å². The van der Waals surface area contributed by atoms with Crippen LogP contribution in [0.5, 0.6) is 0 Å². The Morgan fingerprint density at radius 2 is 2.16 bits per heavy atom. The molecule has 1 atom stereocenters. The molecule has 0 radical (unpaired) electrons. The molecule has 0 saturated heterocycles. The highest BCUT2D eigenvalue weighted by molar-refractivity contribution is 7.19. The van der Waals surface area contributed by atoms with Crippen molar-refractivity contribution >= 4 is 32.9 Å². The van der Waals surface area contributed by atoms with Gasteiger partial charge in [-0.15, -0.1) is 22.7 Å². The third kappa shape index (κ3) is 2.39. The van der Waals surface area contributed by atoms with Crippen molar-refractivity contribution in [2.75, 3.05) is 0 Å². The molecule has 0 saturated carbocycles. The molecule has 0 spiro atoms. The van der Waals surface area contributed by atoms with E-state index in [0.29, 0.717) is 0 Å². The van der Waals surface area contributed by atoms with E-state index in [0.717, 1.165) is 23.8 Å². The first-order valence-corrected chi connectivity index (χ1v) is 10.4. The Hall–Kier alpha value is -1.91. The van der Waals surface area contributed by atoms with E-state index in [1.165, 1.54) is 49.5 Å². The van der Waals surface area contributed by atoms with Crippen LogP contribution in [-0.2, 0) is 12.8 Å². The molecule has 25 heavy (non-hydrogen) atoms. The Labute approximate surface area is 155 Å². The van der Waals surface area contributed by atoms with Crippen LogP contribution in [0.2, 0.25) is 0 Å². The second-order valence-electron chi connectivity index (χ2n) is 6.95. The van der Waals surface area contributed by atoms with Gasteiger partial charge in [0.2, 0.25) is 0 Å². The Balaban J connectivity index is 1.87. The lowest BCUT2D eigenvalue weighted by Crippen LogP contribution is -2.08. The molecule has 0 N–H and O–H groups in total. The maximum Gasteiger partial charge on any atom is 0.134 e. The summed E-state index contributed by atoms with van der Waals surface area (Å²) in [5.41, 5.74) is 5.08.